The molecule has 0 aliphatic carbocycles. The number of halogens is 1. The van der Waals surface area contributed by atoms with Crippen LogP contribution in [0.3, 0.4) is 0 Å². The number of nitrogens with zero attached hydrogens (tertiary/aromatic N) is 2. The fourth-order valence-corrected chi connectivity index (χ4v) is 2.48. The van der Waals surface area contributed by atoms with Crippen molar-refractivity contribution in [1.29, 1.82) is 0 Å². The predicted molar refractivity (Wildman–Crippen MR) is 58.8 cm³/mol. The molecule has 1 amide bonds. The third-order valence-corrected chi connectivity index (χ3v) is 3.62. The number of aromatic nitrogens is 1. The Morgan fingerprint density at radius 3 is 2.82 bits per heavy atom. The number of aliphatic carboxylic acids is 1. The molecule has 1 aromatic rings. The zero-order valence-electron chi connectivity index (χ0n) is 9.14. The van der Waals surface area contributed by atoms with Gasteiger partial charge in [-0.3, -0.25) is 4.79 Å². The first-order valence-corrected chi connectivity index (χ1v) is 5.88. The van der Waals surface area contributed by atoms with E-state index in [0.717, 1.165) is 5.01 Å². The topological polar surface area (TPSA) is 70.5 Å². The number of amides is 1. The standard InChI is InChI=1S/C10H11FN2O3S/c1-6-12-4-7(17-6)8(14)13-3-2-10(11,5-13)9(15)16/h4H,2-3,5H2,1H3,(H,15,16). The summed E-state index contributed by atoms with van der Waals surface area (Å²) in [4.78, 5) is 28.2. The van der Waals surface area contributed by atoms with Crippen LogP contribution in [0.25, 0.3) is 0 Å². The van der Waals surface area contributed by atoms with E-state index < -0.39 is 18.2 Å². The highest BCUT2D eigenvalue weighted by Gasteiger charge is 2.47. The van der Waals surface area contributed by atoms with Crippen molar-refractivity contribution in [3.63, 3.8) is 0 Å². The molecule has 1 unspecified atom stereocenters. The fraction of sp³-hybridized carbons (Fsp3) is 0.500. The molecule has 5 nitrogen and oxygen atoms in total. The number of rotatable bonds is 2. The van der Waals surface area contributed by atoms with Gasteiger partial charge in [0.1, 0.15) is 4.88 Å². The van der Waals surface area contributed by atoms with Gasteiger partial charge in [0, 0.05) is 13.0 Å². The number of carbonyl (C=O) groups excluding carboxylic acids is 1. The summed E-state index contributed by atoms with van der Waals surface area (Å²) in [7, 11) is 0. The second-order valence-corrected chi connectivity index (χ2v) is 5.23. The lowest BCUT2D eigenvalue weighted by Crippen LogP contribution is -2.38. The van der Waals surface area contributed by atoms with Gasteiger partial charge < -0.3 is 10.0 Å². The van der Waals surface area contributed by atoms with Crippen molar-refractivity contribution in [2.75, 3.05) is 13.1 Å². The Morgan fingerprint density at radius 1 is 1.65 bits per heavy atom. The van der Waals surface area contributed by atoms with Crippen LogP contribution in [-0.4, -0.2) is 45.6 Å². The highest BCUT2D eigenvalue weighted by atomic mass is 32.1. The first-order valence-electron chi connectivity index (χ1n) is 5.06. The highest BCUT2D eigenvalue weighted by Crippen LogP contribution is 2.28. The van der Waals surface area contributed by atoms with E-state index in [9.17, 15) is 14.0 Å². The average molecular weight is 258 g/mol. The Kier molecular flexibility index (Phi) is 2.86. The van der Waals surface area contributed by atoms with Crippen LogP contribution in [0.2, 0.25) is 0 Å². The molecule has 0 bridgehead atoms. The molecule has 2 rings (SSSR count). The first-order chi connectivity index (χ1) is 7.92. The quantitative estimate of drug-likeness (QED) is 0.862. The number of likely N-dealkylation sites (tertiary alicyclic amines) is 1. The molecule has 1 fully saturated rings. The molecule has 2 heterocycles. The van der Waals surface area contributed by atoms with Crippen molar-refractivity contribution in [3.05, 3.63) is 16.1 Å². The van der Waals surface area contributed by atoms with Crippen molar-refractivity contribution in [2.24, 2.45) is 0 Å². The summed E-state index contributed by atoms with van der Waals surface area (Å²) in [6, 6.07) is 0. The Hall–Kier alpha value is -1.50. The Balaban J connectivity index is 2.11. The van der Waals surface area contributed by atoms with Gasteiger partial charge in [-0.2, -0.15) is 0 Å². The first kappa shape index (κ1) is 12.0. The molecule has 1 N–H and O–H groups in total. The molecule has 0 aromatic carbocycles. The number of thiazole rings is 1. The maximum atomic E-state index is 13.8. The predicted octanol–water partition coefficient (Wildman–Crippen LogP) is 1.09. The van der Waals surface area contributed by atoms with E-state index in [1.165, 1.54) is 22.4 Å². The summed E-state index contributed by atoms with van der Waals surface area (Å²) in [6.45, 7) is 1.50. The lowest BCUT2D eigenvalue weighted by Gasteiger charge is -2.16. The van der Waals surface area contributed by atoms with Crippen LogP contribution < -0.4 is 0 Å². The third kappa shape index (κ3) is 2.14. The van der Waals surface area contributed by atoms with Gasteiger partial charge in [0.25, 0.3) is 5.91 Å². The lowest BCUT2D eigenvalue weighted by molar-refractivity contribution is -0.149. The summed E-state index contributed by atoms with van der Waals surface area (Å²) in [6.07, 6.45) is 1.27. The molecule has 0 spiro atoms. The van der Waals surface area contributed by atoms with Crippen LogP contribution in [-0.2, 0) is 4.79 Å². The fourth-order valence-electron chi connectivity index (χ4n) is 1.74. The van der Waals surface area contributed by atoms with Gasteiger partial charge >= 0.3 is 5.97 Å². The molecule has 92 valence electrons. The van der Waals surface area contributed by atoms with Crippen molar-refractivity contribution >= 4 is 23.2 Å². The van der Waals surface area contributed by atoms with Crippen molar-refractivity contribution in [1.82, 2.24) is 9.88 Å². The highest BCUT2D eigenvalue weighted by molar-refractivity contribution is 7.13. The Bertz CT molecular complexity index is 476. The molecule has 1 aromatic heterocycles. The van der Waals surface area contributed by atoms with Gasteiger partial charge in [-0.05, 0) is 6.92 Å². The van der Waals surface area contributed by atoms with E-state index in [1.54, 1.807) is 6.92 Å². The molecule has 0 radical (unpaired) electrons. The number of carboxylic acids is 1. The monoisotopic (exact) mass is 258 g/mol. The van der Waals surface area contributed by atoms with E-state index in [0.29, 0.717) is 4.88 Å². The summed E-state index contributed by atoms with van der Waals surface area (Å²) >= 11 is 1.22. The van der Waals surface area contributed by atoms with Crippen molar-refractivity contribution < 1.29 is 19.1 Å². The van der Waals surface area contributed by atoms with Gasteiger partial charge in [0.05, 0.1) is 17.7 Å². The van der Waals surface area contributed by atoms with E-state index >= 15 is 0 Å². The third-order valence-electron chi connectivity index (χ3n) is 2.72. The minimum Gasteiger partial charge on any atom is -0.479 e. The molecule has 7 heteroatoms. The van der Waals surface area contributed by atoms with Crippen LogP contribution in [0.4, 0.5) is 4.39 Å². The molecule has 1 aliphatic heterocycles. The number of alkyl halides is 1. The Labute approximate surface area is 101 Å². The van der Waals surface area contributed by atoms with Gasteiger partial charge in [0.2, 0.25) is 5.67 Å². The normalized spacial score (nSPS) is 24.0. The summed E-state index contributed by atoms with van der Waals surface area (Å²) < 4.78 is 13.8. The number of carboxylic acid groups (broad SMARTS) is 1. The van der Waals surface area contributed by atoms with Gasteiger partial charge in [-0.25, -0.2) is 14.2 Å². The van der Waals surface area contributed by atoms with Crippen LogP contribution in [0.1, 0.15) is 21.1 Å². The van der Waals surface area contributed by atoms with Crippen LogP contribution in [0, 0.1) is 6.92 Å². The summed E-state index contributed by atoms with van der Waals surface area (Å²) in [5.41, 5.74) is -2.31. The van der Waals surface area contributed by atoms with Crippen molar-refractivity contribution in [3.8, 4) is 0 Å². The number of carbonyl (C=O) groups is 2. The molecule has 17 heavy (non-hydrogen) atoms. The number of hydrogen-bond donors (Lipinski definition) is 1. The molecular formula is C10H11FN2O3S. The average Bonchev–Trinajstić information content (AvgIpc) is 2.85. The molecule has 0 saturated carbocycles. The van der Waals surface area contributed by atoms with E-state index in [2.05, 4.69) is 4.98 Å². The minimum atomic E-state index is -2.31. The Morgan fingerprint density at radius 2 is 2.35 bits per heavy atom. The number of hydrogen-bond acceptors (Lipinski definition) is 4. The van der Waals surface area contributed by atoms with E-state index in [1.807, 2.05) is 0 Å². The number of aryl methyl sites for hydroxylation is 1. The van der Waals surface area contributed by atoms with Crippen LogP contribution >= 0.6 is 11.3 Å². The molecular weight excluding hydrogens is 247 g/mol. The van der Waals surface area contributed by atoms with Gasteiger partial charge in [-0.1, -0.05) is 0 Å². The molecule has 1 saturated heterocycles. The van der Waals surface area contributed by atoms with Gasteiger partial charge in [0.15, 0.2) is 0 Å². The smallest absolute Gasteiger partial charge is 0.343 e. The van der Waals surface area contributed by atoms with Gasteiger partial charge in [-0.15, -0.1) is 11.3 Å². The van der Waals surface area contributed by atoms with Crippen molar-refractivity contribution in [2.45, 2.75) is 19.0 Å². The second-order valence-electron chi connectivity index (χ2n) is 3.99. The minimum absolute atomic E-state index is 0.124. The van der Waals surface area contributed by atoms with Crippen LogP contribution in [0.5, 0.6) is 0 Å². The second kappa shape index (κ2) is 4.06. The van der Waals surface area contributed by atoms with E-state index in [4.69, 9.17) is 5.11 Å². The zero-order valence-corrected chi connectivity index (χ0v) is 9.96. The maximum absolute atomic E-state index is 13.8. The molecule has 1 aliphatic rings. The largest absolute Gasteiger partial charge is 0.479 e. The van der Waals surface area contributed by atoms with Crippen LogP contribution in [0.15, 0.2) is 6.20 Å². The SMILES string of the molecule is Cc1ncc(C(=O)N2CCC(F)(C(=O)O)C2)s1. The summed E-state index contributed by atoms with van der Waals surface area (Å²) in [5.74, 6) is -1.86. The lowest BCUT2D eigenvalue weighted by atomic mass is 10.1. The summed E-state index contributed by atoms with van der Waals surface area (Å²) in [5, 5.41) is 9.47. The maximum Gasteiger partial charge on any atom is 0.343 e. The molecule has 1 atom stereocenters. The van der Waals surface area contributed by atoms with E-state index in [-0.39, 0.29) is 18.9 Å². The zero-order chi connectivity index (χ0) is 12.6.